The number of hydrogen-bond acceptors (Lipinski definition) is 2. The highest BCUT2D eigenvalue weighted by molar-refractivity contribution is 6.30. The molecule has 0 spiro atoms. The van der Waals surface area contributed by atoms with Crippen molar-refractivity contribution in [2.24, 2.45) is 0 Å². The van der Waals surface area contributed by atoms with E-state index in [9.17, 15) is 18.0 Å². The maximum absolute atomic E-state index is 12.4. The first-order chi connectivity index (χ1) is 10.3. The Morgan fingerprint density at radius 1 is 1.14 bits per heavy atom. The molecule has 0 aliphatic rings. The molecule has 1 N–H and O–H groups in total. The van der Waals surface area contributed by atoms with E-state index in [1.807, 2.05) is 0 Å². The predicted octanol–water partition coefficient (Wildman–Crippen LogP) is 4.41. The number of pyridine rings is 1. The number of carbonyl (C=O) groups excluding carboxylic acids is 1. The Morgan fingerprint density at radius 2 is 1.82 bits per heavy atom. The van der Waals surface area contributed by atoms with Gasteiger partial charge in [-0.2, -0.15) is 13.2 Å². The Morgan fingerprint density at radius 3 is 2.36 bits per heavy atom. The fraction of sp³-hybridized carbons (Fsp3) is 0.0667. The first-order valence-corrected chi connectivity index (χ1v) is 6.50. The average Bonchev–Trinajstić information content (AvgIpc) is 2.46. The molecule has 1 amide bonds. The van der Waals surface area contributed by atoms with Crippen LogP contribution in [-0.2, 0) is 11.0 Å². The molecular formula is C15H10ClF3N2O. The maximum atomic E-state index is 12.4. The van der Waals surface area contributed by atoms with Crippen LogP contribution < -0.4 is 5.32 Å². The van der Waals surface area contributed by atoms with Crippen molar-refractivity contribution in [2.45, 2.75) is 6.18 Å². The number of halogens is 4. The van der Waals surface area contributed by atoms with Gasteiger partial charge in [0.05, 0.1) is 5.56 Å². The first-order valence-electron chi connectivity index (χ1n) is 6.12. The standard InChI is InChI=1S/C15H10ClF3N2O/c16-12-5-1-10(2-6-12)3-8-14(22)21-13-7-4-11(9-20-13)15(17,18)19/h1-9H,(H,20,21,22)/b8-3+. The van der Waals surface area contributed by atoms with Gasteiger partial charge < -0.3 is 5.32 Å². The summed E-state index contributed by atoms with van der Waals surface area (Å²) >= 11 is 5.73. The Hall–Kier alpha value is -2.34. The van der Waals surface area contributed by atoms with Crippen LogP contribution >= 0.6 is 11.6 Å². The normalized spacial score (nSPS) is 11.6. The zero-order valence-corrected chi connectivity index (χ0v) is 11.8. The van der Waals surface area contributed by atoms with Gasteiger partial charge in [-0.15, -0.1) is 0 Å². The number of carbonyl (C=O) groups is 1. The second-order valence-corrected chi connectivity index (χ2v) is 4.74. The highest BCUT2D eigenvalue weighted by atomic mass is 35.5. The molecule has 0 saturated carbocycles. The van der Waals surface area contributed by atoms with Gasteiger partial charge in [-0.3, -0.25) is 4.79 Å². The van der Waals surface area contributed by atoms with Gasteiger partial charge in [-0.25, -0.2) is 4.98 Å². The number of rotatable bonds is 3. The van der Waals surface area contributed by atoms with Gasteiger partial charge in [0.25, 0.3) is 0 Å². The van der Waals surface area contributed by atoms with Crippen molar-refractivity contribution in [3.63, 3.8) is 0 Å². The van der Waals surface area contributed by atoms with E-state index in [2.05, 4.69) is 10.3 Å². The lowest BCUT2D eigenvalue weighted by molar-refractivity contribution is -0.137. The number of aromatic nitrogens is 1. The van der Waals surface area contributed by atoms with Crippen molar-refractivity contribution in [1.29, 1.82) is 0 Å². The third kappa shape index (κ3) is 4.60. The molecule has 3 nitrogen and oxygen atoms in total. The summed E-state index contributed by atoms with van der Waals surface area (Å²) in [4.78, 5) is 15.2. The minimum Gasteiger partial charge on any atom is -0.307 e. The van der Waals surface area contributed by atoms with E-state index in [0.29, 0.717) is 11.2 Å². The second kappa shape index (κ2) is 6.62. The van der Waals surface area contributed by atoms with Crippen LogP contribution in [0.3, 0.4) is 0 Å². The van der Waals surface area contributed by atoms with Gasteiger partial charge >= 0.3 is 6.18 Å². The minimum atomic E-state index is -4.45. The van der Waals surface area contributed by atoms with Crippen molar-refractivity contribution in [1.82, 2.24) is 4.98 Å². The fourth-order valence-electron chi connectivity index (χ4n) is 1.55. The average molecular weight is 327 g/mol. The van der Waals surface area contributed by atoms with E-state index in [-0.39, 0.29) is 5.82 Å². The van der Waals surface area contributed by atoms with Crippen LogP contribution in [0.2, 0.25) is 5.02 Å². The van der Waals surface area contributed by atoms with Gasteiger partial charge in [0, 0.05) is 17.3 Å². The van der Waals surface area contributed by atoms with Crippen molar-refractivity contribution < 1.29 is 18.0 Å². The van der Waals surface area contributed by atoms with E-state index < -0.39 is 17.6 Å². The highest BCUT2D eigenvalue weighted by Crippen LogP contribution is 2.28. The summed E-state index contributed by atoms with van der Waals surface area (Å²) in [6.07, 6.45) is -0.985. The van der Waals surface area contributed by atoms with E-state index in [1.165, 1.54) is 6.08 Å². The van der Waals surface area contributed by atoms with Gasteiger partial charge in [-0.05, 0) is 35.9 Å². The molecule has 0 aliphatic heterocycles. The molecule has 0 radical (unpaired) electrons. The molecule has 0 unspecified atom stereocenters. The van der Waals surface area contributed by atoms with Gasteiger partial charge in [0.2, 0.25) is 5.91 Å². The van der Waals surface area contributed by atoms with E-state index in [1.54, 1.807) is 30.3 Å². The summed E-state index contributed by atoms with van der Waals surface area (Å²) in [5.41, 5.74) is -0.109. The third-order valence-electron chi connectivity index (χ3n) is 2.64. The summed E-state index contributed by atoms with van der Waals surface area (Å²) in [6, 6.07) is 8.75. The Labute approximate surface area is 129 Å². The second-order valence-electron chi connectivity index (χ2n) is 4.30. The molecule has 1 heterocycles. The quantitative estimate of drug-likeness (QED) is 0.849. The maximum Gasteiger partial charge on any atom is 0.417 e. The topological polar surface area (TPSA) is 42.0 Å². The van der Waals surface area contributed by atoms with Gasteiger partial charge in [0.15, 0.2) is 0 Å². The number of nitrogens with one attached hydrogen (secondary N) is 1. The molecule has 0 atom stereocenters. The van der Waals surface area contributed by atoms with E-state index in [4.69, 9.17) is 11.6 Å². The molecule has 2 aromatic rings. The lowest BCUT2D eigenvalue weighted by Crippen LogP contribution is -2.11. The predicted molar refractivity (Wildman–Crippen MR) is 78.4 cm³/mol. The van der Waals surface area contributed by atoms with Crippen molar-refractivity contribution >= 4 is 29.4 Å². The summed E-state index contributed by atoms with van der Waals surface area (Å²) in [5, 5.41) is 2.95. The van der Waals surface area contributed by atoms with Crippen molar-refractivity contribution in [2.75, 3.05) is 5.32 Å². The third-order valence-corrected chi connectivity index (χ3v) is 2.89. The van der Waals surface area contributed by atoms with Crippen LogP contribution in [-0.4, -0.2) is 10.9 Å². The zero-order valence-electron chi connectivity index (χ0n) is 11.1. The molecule has 0 aliphatic carbocycles. The molecule has 2 rings (SSSR count). The zero-order chi connectivity index (χ0) is 16.2. The number of hydrogen-bond donors (Lipinski definition) is 1. The molecule has 7 heteroatoms. The Kier molecular flexibility index (Phi) is 4.82. The molecular weight excluding hydrogens is 317 g/mol. The van der Waals surface area contributed by atoms with Crippen LogP contribution in [0.5, 0.6) is 0 Å². The minimum absolute atomic E-state index is 0.0405. The van der Waals surface area contributed by atoms with E-state index >= 15 is 0 Å². The molecule has 0 bridgehead atoms. The van der Waals surface area contributed by atoms with Crippen LogP contribution in [0, 0.1) is 0 Å². The summed E-state index contributed by atoms with van der Waals surface area (Å²) < 4.78 is 37.1. The molecule has 0 saturated heterocycles. The number of amides is 1. The summed E-state index contributed by atoms with van der Waals surface area (Å²) in [6.45, 7) is 0. The van der Waals surface area contributed by atoms with Gasteiger partial charge in [0.1, 0.15) is 5.82 Å². The molecule has 22 heavy (non-hydrogen) atoms. The largest absolute Gasteiger partial charge is 0.417 e. The van der Waals surface area contributed by atoms with Crippen LogP contribution in [0.4, 0.5) is 19.0 Å². The lowest BCUT2D eigenvalue weighted by Gasteiger charge is -2.06. The summed E-state index contributed by atoms with van der Waals surface area (Å²) in [5.74, 6) is -0.457. The monoisotopic (exact) mass is 326 g/mol. The smallest absolute Gasteiger partial charge is 0.307 e. The summed E-state index contributed by atoms with van der Waals surface area (Å²) in [7, 11) is 0. The Bertz CT molecular complexity index is 679. The number of alkyl halides is 3. The molecule has 1 aromatic heterocycles. The van der Waals surface area contributed by atoms with Gasteiger partial charge in [-0.1, -0.05) is 23.7 Å². The van der Waals surface area contributed by atoms with Crippen LogP contribution in [0.25, 0.3) is 6.08 Å². The first kappa shape index (κ1) is 16.0. The van der Waals surface area contributed by atoms with E-state index in [0.717, 1.165) is 17.7 Å². The van der Waals surface area contributed by atoms with Crippen LogP contribution in [0.1, 0.15) is 11.1 Å². The number of nitrogens with zero attached hydrogens (tertiary/aromatic N) is 1. The lowest BCUT2D eigenvalue weighted by atomic mass is 10.2. The highest BCUT2D eigenvalue weighted by Gasteiger charge is 2.30. The molecule has 114 valence electrons. The molecule has 0 fully saturated rings. The van der Waals surface area contributed by atoms with Crippen molar-refractivity contribution in [3.8, 4) is 0 Å². The SMILES string of the molecule is O=C(/C=C/c1ccc(Cl)cc1)Nc1ccc(C(F)(F)F)cn1. The fourth-order valence-corrected chi connectivity index (χ4v) is 1.68. The number of benzene rings is 1. The Balaban J connectivity index is 1.98. The van der Waals surface area contributed by atoms with Crippen LogP contribution in [0.15, 0.2) is 48.7 Å². The van der Waals surface area contributed by atoms with Crippen molar-refractivity contribution in [3.05, 3.63) is 64.8 Å². The molecule has 1 aromatic carbocycles. The number of anilines is 1.